The molecule has 1 atom stereocenters. The van der Waals surface area contributed by atoms with Gasteiger partial charge in [-0.3, -0.25) is 0 Å². The molecule has 108 valence electrons. The maximum Gasteiger partial charge on any atom is -1.00 e. The number of fused-ring (bicyclic) bond motifs is 3. The maximum absolute atomic E-state index is 2.51. The number of hydrogen-bond donors (Lipinski definition) is 0. The molecule has 0 radical (unpaired) electrons. The van der Waals surface area contributed by atoms with E-state index in [0.29, 0.717) is 3.72 Å². The molecule has 0 nitrogen and oxygen atoms in total. The Morgan fingerprint density at radius 2 is 1.90 bits per heavy atom. The van der Waals surface area contributed by atoms with Crippen LogP contribution in [0.15, 0.2) is 51.9 Å². The Morgan fingerprint density at radius 3 is 2.71 bits per heavy atom. The standard InChI is InChI=1S/C13H13.C5H5.2ClH.Ti/c1-3-7-12-10(5-1)9-11-6-2-4-8-13(11)12;1-2-4-5-3-1;;;/h1,3,5,7,9H,2,4,6,8H2;1-3H,4H2;2*1H;/q;;;;+2/p-2. The first-order chi connectivity index (χ1) is 9.38. The van der Waals surface area contributed by atoms with Crippen LogP contribution in [0.2, 0.25) is 0 Å². The van der Waals surface area contributed by atoms with Crippen LogP contribution >= 0.6 is 0 Å². The Labute approximate surface area is 148 Å². The molecular weight excluding hydrogens is 335 g/mol. The van der Waals surface area contributed by atoms with Gasteiger partial charge in [0.25, 0.3) is 0 Å². The minimum Gasteiger partial charge on any atom is -1.00 e. The first-order valence-electron chi connectivity index (χ1n) is 7.33. The van der Waals surface area contributed by atoms with Crippen LogP contribution in [0.5, 0.6) is 0 Å². The first-order valence-corrected chi connectivity index (χ1v) is 8.89. The molecule has 0 saturated heterocycles. The van der Waals surface area contributed by atoms with Crippen LogP contribution in [0.4, 0.5) is 0 Å². The number of allylic oxidation sites excluding steroid dienone is 5. The molecule has 1 aromatic carbocycles. The van der Waals surface area contributed by atoms with Gasteiger partial charge in [-0.1, -0.05) is 0 Å². The summed E-state index contributed by atoms with van der Waals surface area (Å²) >= 11 is -0.0815. The largest absolute Gasteiger partial charge is 1.00 e. The van der Waals surface area contributed by atoms with Gasteiger partial charge in [-0.25, -0.2) is 0 Å². The molecule has 0 aromatic heterocycles. The van der Waals surface area contributed by atoms with Crippen LogP contribution in [-0.4, -0.2) is 0 Å². The summed E-state index contributed by atoms with van der Waals surface area (Å²) in [5.74, 6) is 0. The summed E-state index contributed by atoms with van der Waals surface area (Å²) in [6.07, 6.45) is 16.2. The molecule has 0 N–H and O–H groups in total. The van der Waals surface area contributed by atoms with Gasteiger partial charge in [-0.15, -0.1) is 0 Å². The first kappa shape index (κ1) is 17.1. The average molecular weight is 353 g/mol. The zero-order valence-electron chi connectivity index (χ0n) is 11.9. The number of halogens is 2. The Hall–Kier alpha value is -0.266. The smallest absolute Gasteiger partial charge is 1.00 e. The molecule has 0 spiro atoms. The van der Waals surface area contributed by atoms with E-state index in [1.54, 1.807) is 15.0 Å². The van der Waals surface area contributed by atoms with E-state index in [-0.39, 0.29) is 44.0 Å². The second-order valence-corrected chi connectivity index (χ2v) is 8.54. The van der Waals surface area contributed by atoms with Crippen molar-refractivity contribution in [2.24, 2.45) is 0 Å². The molecule has 1 saturated carbocycles. The quantitative estimate of drug-likeness (QED) is 0.586. The average Bonchev–Trinajstić information content (AvgIpc) is 3.05. The number of rotatable bonds is 2. The molecule has 1 unspecified atom stereocenters. The Kier molecular flexibility index (Phi) is 5.60. The van der Waals surface area contributed by atoms with Crippen molar-refractivity contribution in [3.63, 3.8) is 0 Å². The SMILES string of the molecule is C1=CC[C]([Ti+2][C]23CCCCC2=Cc2ccccc23)=C1.[Cl-].[Cl-]. The van der Waals surface area contributed by atoms with E-state index in [2.05, 4.69) is 48.6 Å². The molecule has 0 bridgehead atoms. The zero-order chi connectivity index (χ0) is 12.7. The van der Waals surface area contributed by atoms with E-state index >= 15 is 0 Å². The van der Waals surface area contributed by atoms with E-state index < -0.39 is 0 Å². The van der Waals surface area contributed by atoms with Gasteiger partial charge >= 0.3 is 124 Å². The molecular formula is C18H18Cl2Ti. The second kappa shape index (κ2) is 6.88. The van der Waals surface area contributed by atoms with Crippen LogP contribution in [0, 0.1) is 0 Å². The Balaban J connectivity index is 0.000000807. The molecule has 3 aliphatic carbocycles. The zero-order valence-corrected chi connectivity index (χ0v) is 15.0. The van der Waals surface area contributed by atoms with Gasteiger partial charge in [0.05, 0.1) is 0 Å². The van der Waals surface area contributed by atoms with Gasteiger partial charge in [0.1, 0.15) is 0 Å². The molecule has 0 amide bonds. The van der Waals surface area contributed by atoms with Crippen molar-refractivity contribution < 1.29 is 44.0 Å². The van der Waals surface area contributed by atoms with Crippen LogP contribution < -0.4 is 24.8 Å². The number of benzene rings is 1. The molecule has 1 aromatic rings. The Morgan fingerprint density at radius 1 is 1.05 bits per heavy atom. The minimum absolute atomic E-state index is 0. The van der Waals surface area contributed by atoms with Gasteiger partial charge in [-0.2, -0.15) is 0 Å². The fourth-order valence-electron chi connectivity index (χ4n) is 3.81. The van der Waals surface area contributed by atoms with E-state index in [4.69, 9.17) is 0 Å². The van der Waals surface area contributed by atoms with E-state index in [0.717, 1.165) is 0 Å². The van der Waals surface area contributed by atoms with Crippen molar-refractivity contribution in [1.29, 1.82) is 0 Å². The monoisotopic (exact) mass is 352 g/mol. The second-order valence-electron chi connectivity index (χ2n) is 5.82. The third kappa shape index (κ3) is 2.84. The molecule has 1 fully saturated rings. The molecule has 4 rings (SSSR count). The van der Waals surface area contributed by atoms with Crippen LogP contribution in [-0.2, 0) is 22.9 Å². The molecule has 3 aliphatic rings. The van der Waals surface area contributed by atoms with Gasteiger partial charge in [-0.05, 0) is 0 Å². The van der Waals surface area contributed by atoms with E-state index in [1.165, 1.54) is 37.7 Å². The van der Waals surface area contributed by atoms with Crippen molar-refractivity contribution in [3.05, 3.63) is 63.1 Å². The van der Waals surface area contributed by atoms with Crippen molar-refractivity contribution in [1.82, 2.24) is 0 Å². The maximum atomic E-state index is 2.51. The summed E-state index contributed by atoms with van der Waals surface area (Å²) in [5, 5.41) is 0. The summed E-state index contributed by atoms with van der Waals surface area (Å²) in [6, 6.07) is 9.14. The molecule has 0 heterocycles. The van der Waals surface area contributed by atoms with Crippen LogP contribution in [0.1, 0.15) is 43.2 Å². The molecule has 3 heteroatoms. The summed E-state index contributed by atoms with van der Waals surface area (Å²) in [5.41, 5.74) is 4.92. The predicted octanol–water partition coefficient (Wildman–Crippen LogP) is -1.21. The van der Waals surface area contributed by atoms with Gasteiger partial charge in [0.15, 0.2) is 0 Å². The summed E-state index contributed by atoms with van der Waals surface area (Å²) < 4.78 is 2.21. The minimum atomic E-state index is -0.0815. The van der Waals surface area contributed by atoms with Crippen LogP contribution in [0.25, 0.3) is 6.08 Å². The summed E-state index contributed by atoms with van der Waals surface area (Å²) in [4.78, 5) is 0. The normalized spacial score (nSPS) is 24.8. The van der Waals surface area contributed by atoms with E-state index in [1.807, 2.05) is 0 Å². The van der Waals surface area contributed by atoms with E-state index in [9.17, 15) is 0 Å². The van der Waals surface area contributed by atoms with Crippen LogP contribution in [0.3, 0.4) is 0 Å². The Bertz CT molecular complexity index is 615. The third-order valence-corrected chi connectivity index (χ3v) is 7.75. The fraction of sp³-hybridized carbons (Fsp3) is 0.333. The fourth-order valence-corrected chi connectivity index (χ4v) is 6.88. The van der Waals surface area contributed by atoms with Crippen molar-refractivity contribution >= 4 is 6.08 Å². The molecule has 21 heavy (non-hydrogen) atoms. The van der Waals surface area contributed by atoms with Crippen molar-refractivity contribution in [2.45, 2.75) is 35.8 Å². The third-order valence-electron chi connectivity index (χ3n) is 4.69. The predicted molar refractivity (Wildman–Crippen MR) is 76.4 cm³/mol. The topological polar surface area (TPSA) is 0 Å². The van der Waals surface area contributed by atoms with Gasteiger partial charge in [0, 0.05) is 0 Å². The number of hydrogen-bond acceptors (Lipinski definition) is 0. The summed E-state index contributed by atoms with van der Waals surface area (Å²) in [6.45, 7) is 0. The molecule has 0 aliphatic heterocycles. The van der Waals surface area contributed by atoms with Crippen molar-refractivity contribution in [2.75, 3.05) is 0 Å². The van der Waals surface area contributed by atoms with Gasteiger partial charge in [0.2, 0.25) is 0 Å². The van der Waals surface area contributed by atoms with Gasteiger partial charge < -0.3 is 24.8 Å². The van der Waals surface area contributed by atoms with Crippen molar-refractivity contribution in [3.8, 4) is 0 Å². The summed E-state index contributed by atoms with van der Waals surface area (Å²) in [7, 11) is 0.